The van der Waals surface area contributed by atoms with E-state index < -0.39 is 24.5 Å². The Morgan fingerprint density at radius 2 is 1.76 bits per heavy atom. The lowest BCUT2D eigenvalue weighted by Crippen LogP contribution is -2.33. The molecule has 14 heteroatoms. The number of hydrogen-bond acceptors (Lipinski definition) is 8. The zero-order chi connectivity index (χ0) is 30.0. The van der Waals surface area contributed by atoms with Gasteiger partial charge in [0.2, 0.25) is 5.95 Å². The summed E-state index contributed by atoms with van der Waals surface area (Å²) in [5, 5.41) is 23.5. The first-order chi connectivity index (χ1) is 19.4. The highest BCUT2D eigenvalue weighted by Crippen LogP contribution is 2.29. The number of piperidine rings is 1. The van der Waals surface area contributed by atoms with Crippen molar-refractivity contribution in [2.75, 3.05) is 30.3 Å². The molecule has 2 aromatic rings. The number of aliphatic hydroxyl groups excluding tert-OH is 1. The second-order valence-corrected chi connectivity index (χ2v) is 10.3. The van der Waals surface area contributed by atoms with Crippen LogP contribution >= 0.6 is 0 Å². The van der Waals surface area contributed by atoms with Crippen LogP contribution in [0.2, 0.25) is 0 Å². The number of nitrogens with zero attached hydrogens (tertiary/aromatic N) is 4. The van der Waals surface area contributed by atoms with Crippen LogP contribution < -0.4 is 10.6 Å². The minimum atomic E-state index is -5.08. The quantitative estimate of drug-likeness (QED) is 0.300. The summed E-state index contributed by atoms with van der Waals surface area (Å²) in [5.41, 5.74) is 2.63. The van der Waals surface area contributed by atoms with E-state index in [2.05, 4.69) is 30.5 Å². The van der Waals surface area contributed by atoms with E-state index in [-0.39, 0.29) is 18.7 Å². The van der Waals surface area contributed by atoms with Gasteiger partial charge in [-0.15, -0.1) is 0 Å². The van der Waals surface area contributed by atoms with Crippen molar-refractivity contribution in [3.63, 3.8) is 0 Å². The first-order valence-electron chi connectivity index (χ1n) is 13.8. The first kappa shape index (κ1) is 32.4. The van der Waals surface area contributed by atoms with Gasteiger partial charge in [0, 0.05) is 44.6 Å². The molecule has 1 saturated carbocycles. The van der Waals surface area contributed by atoms with Crippen LogP contribution in [0.25, 0.3) is 11.3 Å². The molecule has 1 aliphatic heterocycles. The van der Waals surface area contributed by atoms with Gasteiger partial charge in [0.1, 0.15) is 18.2 Å². The summed E-state index contributed by atoms with van der Waals surface area (Å²) in [4.78, 5) is 24.9. The minimum absolute atomic E-state index is 0.164. The third kappa shape index (κ3) is 10.7. The SMILES string of the molecule is CCC(F)CNc1ncc(-c2ccc(CN3CCC(F)CC3)cn2)c(NC2CCC(O)CC2)n1.O=C(O)C(F)(F)F. The third-order valence-corrected chi connectivity index (χ3v) is 7.02. The topological polar surface area (TPSA) is 124 Å². The number of aliphatic hydroxyl groups is 1. The van der Waals surface area contributed by atoms with Gasteiger partial charge in [0.15, 0.2) is 0 Å². The monoisotopic (exact) mass is 588 g/mol. The van der Waals surface area contributed by atoms with E-state index in [4.69, 9.17) is 9.90 Å². The van der Waals surface area contributed by atoms with E-state index in [1.165, 1.54) is 0 Å². The van der Waals surface area contributed by atoms with Crippen LogP contribution in [0.1, 0.15) is 57.4 Å². The van der Waals surface area contributed by atoms with Crippen LogP contribution in [0, 0.1) is 0 Å². The average molecular weight is 589 g/mol. The second kappa shape index (κ2) is 15.2. The Morgan fingerprint density at radius 1 is 1.10 bits per heavy atom. The number of hydrogen-bond donors (Lipinski definition) is 4. The van der Waals surface area contributed by atoms with Crippen LogP contribution in [0.3, 0.4) is 0 Å². The number of pyridine rings is 1. The molecule has 41 heavy (non-hydrogen) atoms. The zero-order valence-electron chi connectivity index (χ0n) is 22.9. The summed E-state index contributed by atoms with van der Waals surface area (Å²) < 4.78 is 58.8. The van der Waals surface area contributed by atoms with Crippen LogP contribution in [-0.4, -0.2) is 86.3 Å². The smallest absolute Gasteiger partial charge is 0.475 e. The Bertz CT molecular complexity index is 1090. The summed E-state index contributed by atoms with van der Waals surface area (Å²) in [7, 11) is 0. The summed E-state index contributed by atoms with van der Waals surface area (Å²) >= 11 is 0. The molecule has 1 saturated heterocycles. The van der Waals surface area contributed by atoms with Crippen LogP contribution in [0.15, 0.2) is 24.5 Å². The molecule has 2 aromatic heterocycles. The first-order valence-corrected chi connectivity index (χ1v) is 13.8. The van der Waals surface area contributed by atoms with Gasteiger partial charge in [-0.1, -0.05) is 13.0 Å². The highest BCUT2D eigenvalue weighted by molar-refractivity contribution is 5.73. The Kier molecular flexibility index (Phi) is 12.0. The molecule has 0 spiro atoms. The molecule has 4 rings (SSSR count). The summed E-state index contributed by atoms with van der Waals surface area (Å²) in [6, 6.07) is 4.21. The van der Waals surface area contributed by atoms with E-state index in [0.29, 0.717) is 31.0 Å². The molecule has 0 bridgehead atoms. The molecule has 1 unspecified atom stereocenters. The van der Waals surface area contributed by atoms with E-state index in [0.717, 1.165) is 62.1 Å². The van der Waals surface area contributed by atoms with E-state index in [1.807, 2.05) is 18.3 Å². The molecule has 2 aliphatic rings. The predicted octanol–water partition coefficient (Wildman–Crippen LogP) is 4.98. The number of carboxylic acids is 1. The molecule has 2 fully saturated rings. The van der Waals surface area contributed by atoms with Gasteiger partial charge in [-0.25, -0.2) is 18.6 Å². The Balaban J connectivity index is 0.000000587. The lowest BCUT2D eigenvalue weighted by molar-refractivity contribution is -0.192. The van der Waals surface area contributed by atoms with Crippen molar-refractivity contribution in [1.82, 2.24) is 19.9 Å². The van der Waals surface area contributed by atoms with Crippen LogP contribution in [0.5, 0.6) is 0 Å². The molecular formula is C27H37F5N6O3. The lowest BCUT2D eigenvalue weighted by Gasteiger charge is -2.28. The number of aromatic nitrogens is 3. The molecule has 0 aromatic carbocycles. The fourth-order valence-corrected chi connectivity index (χ4v) is 4.52. The highest BCUT2D eigenvalue weighted by atomic mass is 19.4. The van der Waals surface area contributed by atoms with Gasteiger partial charge in [0.05, 0.1) is 17.4 Å². The largest absolute Gasteiger partial charge is 0.490 e. The van der Waals surface area contributed by atoms with Crippen molar-refractivity contribution in [3.8, 4) is 11.3 Å². The zero-order valence-corrected chi connectivity index (χ0v) is 22.9. The fraction of sp³-hybridized carbons (Fsp3) is 0.630. The number of anilines is 2. The lowest BCUT2D eigenvalue weighted by atomic mass is 9.93. The van der Waals surface area contributed by atoms with Crippen molar-refractivity contribution in [2.45, 2.75) is 89.1 Å². The summed E-state index contributed by atoms with van der Waals surface area (Å²) in [5.74, 6) is -1.71. The number of halogens is 5. The summed E-state index contributed by atoms with van der Waals surface area (Å²) in [6.45, 7) is 4.27. The maximum atomic E-state index is 13.7. The molecule has 3 heterocycles. The second-order valence-electron chi connectivity index (χ2n) is 10.3. The molecule has 228 valence electrons. The molecule has 1 atom stereocenters. The van der Waals surface area contributed by atoms with Gasteiger partial charge in [-0.05, 0) is 56.6 Å². The van der Waals surface area contributed by atoms with E-state index >= 15 is 0 Å². The molecule has 0 amide bonds. The number of carboxylic acid groups (broad SMARTS) is 1. The Morgan fingerprint density at radius 3 is 2.32 bits per heavy atom. The number of alkyl halides is 5. The van der Waals surface area contributed by atoms with Gasteiger partial charge in [-0.2, -0.15) is 18.2 Å². The van der Waals surface area contributed by atoms with Crippen LogP contribution in [-0.2, 0) is 11.3 Å². The normalized spacial score (nSPS) is 21.0. The average Bonchev–Trinajstić information content (AvgIpc) is 2.94. The minimum Gasteiger partial charge on any atom is -0.475 e. The highest BCUT2D eigenvalue weighted by Gasteiger charge is 2.38. The van der Waals surface area contributed by atoms with Gasteiger partial charge in [0.25, 0.3) is 0 Å². The van der Waals surface area contributed by atoms with Crippen molar-refractivity contribution in [2.24, 2.45) is 0 Å². The standard InChI is InChI=1S/C25H36F2N6O.C2HF3O2/c1-2-18(26)14-29-25-30-15-22(24(32-25)31-20-4-6-21(34)7-5-20)23-8-3-17(13-28-23)16-33-11-9-19(27)10-12-33;3-2(4,5)1(6)7/h3,8,13,15,18-21,34H,2,4-7,9-12,14,16H2,1H3,(H2,29,30,31,32);(H,6,7). The molecule has 4 N–H and O–H groups in total. The Hall–Kier alpha value is -3.13. The number of likely N-dealkylation sites (tertiary alicyclic amines) is 1. The van der Waals surface area contributed by atoms with Gasteiger partial charge in [-0.3, -0.25) is 9.88 Å². The number of nitrogens with one attached hydrogen (secondary N) is 2. The molecule has 9 nitrogen and oxygen atoms in total. The Labute approximate surface area is 235 Å². The van der Waals surface area contributed by atoms with Crippen molar-refractivity contribution in [3.05, 3.63) is 30.1 Å². The maximum Gasteiger partial charge on any atom is 0.490 e. The van der Waals surface area contributed by atoms with Crippen molar-refractivity contribution < 1.29 is 37.0 Å². The van der Waals surface area contributed by atoms with Gasteiger partial charge >= 0.3 is 12.1 Å². The molecular weight excluding hydrogens is 551 g/mol. The van der Waals surface area contributed by atoms with Crippen molar-refractivity contribution in [1.29, 1.82) is 0 Å². The third-order valence-electron chi connectivity index (χ3n) is 7.02. The maximum absolute atomic E-state index is 13.7. The van der Waals surface area contributed by atoms with E-state index in [1.54, 1.807) is 13.1 Å². The predicted molar refractivity (Wildman–Crippen MR) is 144 cm³/mol. The van der Waals surface area contributed by atoms with E-state index in [9.17, 15) is 27.1 Å². The number of aliphatic carboxylic acids is 1. The fourth-order valence-electron chi connectivity index (χ4n) is 4.52. The van der Waals surface area contributed by atoms with Crippen molar-refractivity contribution >= 4 is 17.7 Å². The number of carbonyl (C=O) groups is 1. The van der Waals surface area contributed by atoms with Gasteiger partial charge < -0.3 is 20.8 Å². The molecule has 0 radical (unpaired) electrons. The number of rotatable bonds is 9. The van der Waals surface area contributed by atoms with Crippen LogP contribution in [0.4, 0.5) is 33.7 Å². The molecule has 1 aliphatic carbocycles. The summed E-state index contributed by atoms with van der Waals surface area (Å²) in [6.07, 6.45) is 1.50.